The lowest BCUT2D eigenvalue weighted by molar-refractivity contribution is -0.169. The SMILES string of the molecule is CCN[C@H]1C[C@H](C)S(=O)(=O)c2sc(S(=O)(=O)NC(C)(CC)C(=O)[C@H](C)C(C)(CC)OC(=O)CCC(=O)O[C@@H](CNC(C)(C)C)COc3nsnc3N3CCOCC3)cc21. The van der Waals surface area contributed by atoms with Crippen molar-refractivity contribution in [1.29, 1.82) is 0 Å². The number of sulfonamides is 1. The summed E-state index contributed by atoms with van der Waals surface area (Å²) in [6.45, 7) is 20.7. The Kier molecular flexibility index (Phi) is 16.5. The van der Waals surface area contributed by atoms with Crippen LogP contribution in [-0.2, 0) is 48.5 Å². The van der Waals surface area contributed by atoms with Crippen molar-refractivity contribution in [3.63, 3.8) is 0 Å². The van der Waals surface area contributed by atoms with Crippen molar-refractivity contribution in [1.82, 2.24) is 24.1 Å². The fraction of sp³-hybridized carbons (Fsp3) is 0.763. The Labute approximate surface area is 357 Å². The molecule has 59 heavy (non-hydrogen) atoms. The van der Waals surface area contributed by atoms with Crippen LogP contribution in [0.15, 0.2) is 14.5 Å². The summed E-state index contributed by atoms with van der Waals surface area (Å²) in [7, 11) is -8.12. The van der Waals surface area contributed by atoms with Gasteiger partial charge in [-0.25, -0.2) is 16.8 Å². The molecule has 21 heteroatoms. The van der Waals surface area contributed by atoms with E-state index in [9.17, 15) is 31.2 Å². The number of sulfone groups is 1. The fourth-order valence-electron chi connectivity index (χ4n) is 6.76. The van der Waals surface area contributed by atoms with Crippen molar-refractivity contribution >= 4 is 66.5 Å². The Morgan fingerprint density at radius 2 is 1.69 bits per heavy atom. The molecular formula is C38H62N6O11S4. The first-order valence-electron chi connectivity index (χ1n) is 20.1. The lowest BCUT2D eigenvalue weighted by atomic mass is 9.77. The zero-order valence-electron chi connectivity index (χ0n) is 35.8. The molecule has 0 aromatic carbocycles. The van der Waals surface area contributed by atoms with Crippen molar-refractivity contribution in [2.45, 2.75) is 144 Å². The number of nitrogens with one attached hydrogen (secondary N) is 3. The number of esters is 2. The van der Waals surface area contributed by atoms with E-state index < -0.39 is 66.0 Å². The fourth-order valence-corrected chi connectivity index (χ4v) is 12.7. The first kappa shape index (κ1) is 48.9. The topological polar surface area (TPSA) is 222 Å². The van der Waals surface area contributed by atoms with Crippen LogP contribution in [0.3, 0.4) is 0 Å². The number of Topliss-reactive ketones (excluding diaryl/α,β-unsaturated/α-hetero) is 1. The van der Waals surface area contributed by atoms with Gasteiger partial charge in [0.05, 0.1) is 54.5 Å². The number of thiophene rings is 1. The van der Waals surface area contributed by atoms with Gasteiger partial charge in [0.2, 0.25) is 5.82 Å². The molecule has 2 aliphatic rings. The second-order valence-electron chi connectivity index (χ2n) is 16.6. The Hall–Kier alpha value is -2.79. The maximum Gasteiger partial charge on any atom is 0.306 e. The van der Waals surface area contributed by atoms with E-state index in [1.807, 2.05) is 32.6 Å². The predicted molar refractivity (Wildman–Crippen MR) is 225 cm³/mol. The van der Waals surface area contributed by atoms with Crippen LogP contribution in [0.5, 0.6) is 5.88 Å². The Bertz CT molecular complexity index is 1990. The van der Waals surface area contributed by atoms with Gasteiger partial charge in [-0.3, -0.25) is 14.4 Å². The number of rotatable bonds is 21. The van der Waals surface area contributed by atoms with E-state index >= 15 is 0 Å². The van der Waals surface area contributed by atoms with Crippen molar-refractivity contribution in [2.75, 3.05) is 50.9 Å². The lowest BCUT2D eigenvalue weighted by Crippen LogP contribution is -2.57. The molecule has 6 atom stereocenters. The minimum atomic E-state index is -4.38. The molecule has 2 unspecified atom stereocenters. The number of fused-ring (bicyclic) bond motifs is 1. The lowest BCUT2D eigenvalue weighted by Gasteiger charge is -2.38. The van der Waals surface area contributed by atoms with Crippen molar-refractivity contribution in [2.24, 2.45) is 5.92 Å². The van der Waals surface area contributed by atoms with Gasteiger partial charge in [0.25, 0.3) is 15.9 Å². The third kappa shape index (κ3) is 12.2. The summed E-state index contributed by atoms with van der Waals surface area (Å²) in [5, 5.41) is 5.87. The van der Waals surface area contributed by atoms with E-state index in [4.69, 9.17) is 18.9 Å². The van der Waals surface area contributed by atoms with Gasteiger partial charge in [-0.1, -0.05) is 27.7 Å². The van der Waals surface area contributed by atoms with Crippen LogP contribution in [0, 0.1) is 5.92 Å². The van der Waals surface area contributed by atoms with Crippen LogP contribution < -0.4 is 25.0 Å². The van der Waals surface area contributed by atoms with Crippen molar-refractivity contribution in [3.05, 3.63) is 11.6 Å². The van der Waals surface area contributed by atoms with Gasteiger partial charge in [0, 0.05) is 36.8 Å². The number of hydrogen-bond donors (Lipinski definition) is 3. The maximum atomic E-state index is 14.2. The smallest absolute Gasteiger partial charge is 0.306 e. The third-order valence-electron chi connectivity index (χ3n) is 11.0. The van der Waals surface area contributed by atoms with Crippen LogP contribution >= 0.6 is 23.1 Å². The highest BCUT2D eigenvalue weighted by Gasteiger charge is 2.47. The number of hydrogen-bond acceptors (Lipinski definition) is 18. The van der Waals surface area contributed by atoms with Gasteiger partial charge in [0.1, 0.15) is 26.7 Å². The van der Waals surface area contributed by atoms with Gasteiger partial charge in [-0.2, -0.15) is 9.10 Å². The van der Waals surface area contributed by atoms with Crippen LogP contribution in [-0.4, -0.2) is 117 Å². The van der Waals surface area contributed by atoms with E-state index in [1.165, 1.54) is 13.0 Å². The normalized spacial score (nSPS) is 21.4. The monoisotopic (exact) mass is 906 g/mol. The van der Waals surface area contributed by atoms with Crippen LogP contribution in [0.25, 0.3) is 0 Å². The Morgan fingerprint density at radius 1 is 1.03 bits per heavy atom. The minimum Gasteiger partial charge on any atom is -0.470 e. The summed E-state index contributed by atoms with van der Waals surface area (Å²) >= 11 is 1.70. The average molecular weight is 907 g/mol. The highest BCUT2D eigenvalue weighted by atomic mass is 32.3. The summed E-state index contributed by atoms with van der Waals surface area (Å²) in [6, 6.07) is 1.04. The number of anilines is 1. The molecule has 0 amide bonds. The van der Waals surface area contributed by atoms with E-state index in [0.29, 0.717) is 67.9 Å². The molecule has 0 spiro atoms. The summed E-state index contributed by atoms with van der Waals surface area (Å²) in [5.74, 6) is -1.96. The van der Waals surface area contributed by atoms with Gasteiger partial charge in [-0.05, 0) is 73.4 Å². The first-order chi connectivity index (χ1) is 27.5. The van der Waals surface area contributed by atoms with Crippen LogP contribution in [0.4, 0.5) is 5.82 Å². The van der Waals surface area contributed by atoms with Crippen molar-refractivity contribution < 1.29 is 50.2 Å². The number of carbonyl (C=O) groups excluding carboxylic acids is 3. The highest BCUT2D eigenvalue weighted by molar-refractivity contribution is 7.95. The maximum absolute atomic E-state index is 14.2. The standard InChI is InChI=1S/C38H62N6O11S4/c1-11-37(9,43-59(50,51)31-21-27-28(39-13-3)20-24(4)58(48,49)35(27)56-31)32(47)25(5)38(10,12-2)55-30(46)15-14-29(45)54-26(22-40-36(6,7)8)23-53-34-33(41-57-42-34)44-16-18-52-19-17-44/h21,24-26,28,39-40,43H,11-20,22-23H2,1-10H3/t24-,25-,26-,28-,37?,38?/m0/s1. The van der Waals surface area contributed by atoms with Crippen molar-refractivity contribution in [3.8, 4) is 5.88 Å². The molecule has 0 aliphatic carbocycles. The summed E-state index contributed by atoms with van der Waals surface area (Å²) in [6.07, 6.45) is -0.797. The third-order valence-corrected chi connectivity index (χ3v) is 17.4. The van der Waals surface area contributed by atoms with E-state index in [2.05, 4.69) is 24.1 Å². The average Bonchev–Trinajstić information content (AvgIpc) is 3.86. The van der Waals surface area contributed by atoms with E-state index in [-0.39, 0.29) is 58.8 Å². The van der Waals surface area contributed by atoms with E-state index in [0.717, 1.165) is 11.7 Å². The Balaban J connectivity index is 1.39. The molecule has 2 aliphatic heterocycles. The van der Waals surface area contributed by atoms with E-state index in [1.54, 1.807) is 34.6 Å². The molecule has 4 heterocycles. The molecule has 0 radical (unpaired) electrons. The highest BCUT2D eigenvalue weighted by Crippen LogP contribution is 2.43. The van der Waals surface area contributed by atoms with Crippen LogP contribution in [0.1, 0.15) is 113 Å². The molecule has 334 valence electrons. The van der Waals surface area contributed by atoms with Gasteiger partial charge < -0.3 is 34.5 Å². The molecule has 2 aromatic heterocycles. The zero-order chi connectivity index (χ0) is 44.0. The second-order valence-corrected chi connectivity index (χ2v) is 22.6. The van der Waals surface area contributed by atoms with Gasteiger partial charge in [0.15, 0.2) is 15.6 Å². The second kappa shape index (κ2) is 19.9. The molecule has 2 aromatic rings. The van der Waals surface area contributed by atoms with Crippen LogP contribution in [0.2, 0.25) is 0 Å². The number of aromatic nitrogens is 2. The molecule has 17 nitrogen and oxygen atoms in total. The Morgan fingerprint density at radius 3 is 2.31 bits per heavy atom. The molecule has 0 bridgehead atoms. The quantitative estimate of drug-likeness (QED) is 0.150. The van der Waals surface area contributed by atoms with Gasteiger partial charge >= 0.3 is 11.9 Å². The summed E-state index contributed by atoms with van der Waals surface area (Å²) in [5.41, 5.74) is -2.89. The zero-order valence-corrected chi connectivity index (χ0v) is 39.1. The largest absolute Gasteiger partial charge is 0.470 e. The van der Waals surface area contributed by atoms with Gasteiger partial charge in [-0.15, -0.1) is 15.7 Å². The number of carbonyl (C=O) groups is 3. The molecule has 1 fully saturated rings. The summed E-state index contributed by atoms with van der Waals surface area (Å²) in [4.78, 5) is 42.6. The molecule has 4 rings (SSSR count). The summed E-state index contributed by atoms with van der Waals surface area (Å²) < 4.78 is 88.3. The molecular weight excluding hydrogens is 845 g/mol. The number of morpholine rings is 1. The first-order valence-corrected chi connectivity index (χ1v) is 24.7. The molecule has 3 N–H and O–H groups in total. The molecule has 0 saturated carbocycles. The minimum absolute atomic E-state index is 0.00603. The number of ether oxygens (including phenoxy) is 4. The predicted octanol–water partition coefficient (Wildman–Crippen LogP) is 4.18. The number of ketones is 1. The number of nitrogens with zero attached hydrogens (tertiary/aromatic N) is 3. The molecule has 1 saturated heterocycles.